The molecule has 3 aromatic rings. The van der Waals surface area contributed by atoms with E-state index in [1.54, 1.807) is 13.0 Å². The van der Waals surface area contributed by atoms with E-state index in [9.17, 15) is 13.2 Å². The molecule has 0 aliphatic carbocycles. The number of benzene rings is 2. The Labute approximate surface area is 241 Å². The topological polar surface area (TPSA) is 87.0 Å². The predicted octanol–water partition coefficient (Wildman–Crippen LogP) is 5.17. The standard InChI is InChI=1S/C30H35ClN4O4S/c1-21-4-7-24(8-5-21)9-11-28-29(23(3)32-39-28)40(37,38)35-14-12-25(13-15-35)30(36)34-18-16-33(17-19-34)27-20-26(31)10-6-22(27)2/h4-11,20,25H,12-19H2,1-3H3/b11-9+. The fraction of sp³-hybridized carbons (Fsp3) is 0.400. The van der Waals surface area contributed by atoms with Crippen LogP contribution in [0.3, 0.4) is 0 Å². The van der Waals surface area contributed by atoms with Crippen LogP contribution in [-0.2, 0) is 14.8 Å². The van der Waals surface area contributed by atoms with Crippen LogP contribution >= 0.6 is 11.6 Å². The number of piperidine rings is 1. The number of sulfonamides is 1. The van der Waals surface area contributed by atoms with Gasteiger partial charge in [-0.15, -0.1) is 0 Å². The predicted molar refractivity (Wildman–Crippen MR) is 158 cm³/mol. The van der Waals surface area contributed by atoms with E-state index in [0.29, 0.717) is 36.6 Å². The molecule has 3 heterocycles. The molecule has 1 amide bonds. The molecule has 0 radical (unpaired) electrons. The lowest BCUT2D eigenvalue weighted by atomic mass is 9.96. The highest BCUT2D eigenvalue weighted by Crippen LogP contribution is 2.31. The van der Waals surface area contributed by atoms with E-state index < -0.39 is 10.0 Å². The van der Waals surface area contributed by atoms with Crippen LogP contribution in [0.5, 0.6) is 0 Å². The average Bonchev–Trinajstić information content (AvgIpc) is 3.34. The van der Waals surface area contributed by atoms with Crippen LogP contribution < -0.4 is 4.90 Å². The Hall–Kier alpha value is -3.14. The molecule has 2 aliphatic rings. The molecule has 0 bridgehead atoms. The Kier molecular flexibility index (Phi) is 8.35. The van der Waals surface area contributed by atoms with Crippen molar-refractivity contribution in [1.29, 1.82) is 0 Å². The molecule has 2 fully saturated rings. The van der Waals surface area contributed by atoms with E-state index in [0.717, 1.165) is 35.5 Å². The second-order valence-electron chi connectivity index (χ2n) is 10.6. The van der Waals surface area contributed by atoms with Crippen molar-refractivity contribution in [3.05, 3.63) is 75.6 Å². The summed E-state index contributed by atoms with van der Waals surface area (Å²) in [6, 6.07) is 13.8. The van der Waals surface area contributed by atoms with Crippen molar-refractivity contribution < 1.29 is 17.7 Å². The summed E-state index contributed by atoms with van der Waals surface area (Å²) in [7, 11) is -3.83. The largest absolute Gasteiger partial charge is 0.368 e. The van der Waals surface area contributed by atoms with Gasteiger partial charge in [-0.2, -0.15) is 4.31 Å². The summed E-state index contributed by atoms with van der Waals surface area (Å²) in [4.78, 5) is 17.6. The summed E-state index contributed by atoms with van der Waals surface area (Å²) < 4.78 is 34.1. The number of nitrogens with zero attached hydrogens (tertiary/aromatic N) is 4. The van der Waals surface area contributed by atoms with Crippen LogP contribution in [0.1, 0.15) is 41.0 Å². The van der Waals surface area contributed by atoms with Gasteiger partial charge in [0.2, 0.25) is 15.9 Å². The maximum Gasteiger partial charge on any atom is 0.248 e. The van der Waals surface area contributed by atoms with Crippen molar-refractivity contribution in [3.8, 4) is 0 Å². The van der Waals surface area contributed by atoms with Crippen molar-refractivity contribution in [2.45, 2.75) is 38.5 Å². The molecule has 2 saturated heterocycles. The minimum absolute atomic E-state index is 0.0908. The number of carbonyl (C=O) groups is 1. The van der Waals surface area contributed by atoms with Gasteiger partial charge >= 0.3 is 0 Å². The number of aromatic nitrogens is 1. The average molecular weight is 583 g/mol. The third-order valence-electron chi connectivity index (χ3n) is 7.84. The maximum atomic E-state index is 13.6. The smallest absolute Gasteiger partial charge is 0.248 e. The Bertz CT molecular complexity index is 1500. The van der Waals surface area contributed by atoms with E-state index in [2.05, 4.69) is 17.0 Å². The second-order valence-corrected chi connectivity index (χ2v) is 12.9. The summed E-state index contributed by atoms with van der Waals surface area (Å²) in [6.45, 7) is 9.05. The zero-order valence-electron chi connectivity index (χ0n) is 23.1. The number of aryl methyl sites for hydroxylation is 3. The molecule has 1 aromatic heterocycles. The lowest BCUT2D eigenvalue weighted by molar-refractivity contribution is -0.137. The fourth-order valence-electron chi connectivity index (χ4n) is 5.47. The van der Waals surface area contributed by atoms with Crippen molar-refractivity contribution in [2.75, 3.05) is 44.2 Å². The number of rotatable bonds is 6. The van der Waals surface area contributed by atoms with Crippen LogP contribution in [0.25, 0.3) is 12.2 Å². The molecule has 0 atom stereocenters. The molecule has 0 N–H and O–H groups in total. The lowest BCUT2D eigenvalue weighted by Crippen LogP contribution is -2.52. The molecule has 2 aliphatic heterocycles. The van der Waals surface area contributed by atoms with Crippen LogP contribution in [0.4, 0.5) is 5.69 Å². The normalized spacial score (nSPS) is 17.6. The highest BCUT2D eigenvalue weighted by molar-refractivity contribution is 7.89. The van der Waals surface area contributed by atoms with Crippen molar-refractivity contribution in [1.82, 2.24) is 14.4 Å². The van der Waals surface area contributed by atoms with Gasteiger partial charge in [0.1, 0.15) is 5.69 Å². The van der Waals surface area contributed by atoms with E-state index >= 15 is 0 Å². The summed E-state index contributed by atoms with van der Waals surface area (Å²) in [5.41, 5.74) is 4.68. The van der Waals surface area contributed by atoms with Gasteiger partial charge in [-0.05, 0) is 62.9 Å². The molecule has 10 heteroatoms. The summed E-state index contributed by atoms with van der Waals surface area (Å²) >= 11 is 6.21. The highest BCUT2D eigenvalue weighted by Gasteiger charge is 2.37. The Morgan fingerprint density at radius 2 is 1.62 bits per heavy atom. The van der Waals surface area contributed by atoms with Crippen LogP contribution in [0, 0.1) is 26.7 Å². The number of piperazine rings is 1. The van der Waals surface area contributed by atoms with Gasteiger partial charge in [0.25, 0.3) is 0 Å². The number of carbonyl (C=O) groups excluding carboxylic acids is 1. The number of halogens is 1. The number of hydrogen-bond acceptors (Lipinski definition) is 6. The van der Waals surface area contributed by atoms with Gasteiger partial charge in [0.05, 0.1) is 0 Å². The number of anilines is 1. The SMILES string of the molecule is Cc1ccc(/C=C/c2onc(C)c2S(=O)(=O)N2CCC(C(=O)N3CCN(c4cc(Cl)ccc4C)CC3)CC2)cc1. The molecule has 40 heavy (non-hydrogen) atoms. The summed E-state index contributed by atoms with van der Waals surface area (Å²) in [5, 5.41) is 4.65. The molecule has 212 valence electrons. The van der Waals surface area contributed by atoms with Gasteiger partial charge in [-0.3, -0.25) is 4.79 Å². The minimum Gasteiger partial charge on any atom is -0.368 e. The Morgan fingerprint density at radius 3 is 2.30 bits per heavy atom. The first kappa shape index (κ1) is 28.4. The first-order valence-electron chi connectivity index (χ1n) is 13.6. The van der Waals surface area contributed by atoms with Gasteiger partial charge in [-0.25, -0.2) is 8.42 Å². The Morgan fingerprint density at radius 1 is 0.950 bits per heavy atom. The summed E-state index contributed by atoms with van der Waals surface area (Å²) in [6.07, 6.45) is 4.45. The van der Waals surface area contributed by atoms with Crippen LogP contribution in [0.2, 0.25) is 5.02 Å². The zero-order valence-corrected chi connectivity index (χ0v) is 24.7. The molecule has 8 nitrogen and oxygen atoms in total. The molecule has 2 aromatic carbocycles. The second kappa shape index (κ2) is 11.8. The fourth-order valence-corrected chi connectivity index (χ4v) is 7.36. The third-order valence-corrected chi connectivity index (χ3v) is 10.1. The van der Waals surface area contributed by atoms with Crippen LogP contribution in [-0.4, -0.2) is 68.0 Å². The molecule has 0 spiro atoms. The van der Waals surface area contributed by atoms with E-state index in [1.807, 2.05) is 60.4 Å². The molecule has 0 saturated carbocycles. The highest BCUT2D eigenvalue weighted by atomic mass is 35.5. The molecular formula is C30H35ClN4O4S. The first-order valence-corrected chi connectivity index (χ1v) is 15.5. The van der Waals surface area contributed by atoms with E-state index in [1.165, 1.54) is 4.31 Å². The number of hydrogen-bond donors (Lipinski definition) is 0. The van der Waals surface area contributed by atoms with E-state index in [-0.39, 0.29) is 35.6 Å². The monoisotopic (exact) mass is 582 g/mol. The minimum atomic E-state index is -3.83. The summed E-state index contributed by atoms with van der Waals surface area (Å²) in [5.74, 6) is 0.141. The molecule has 0 unspecified atom stereocenters. The van der Waals surface area contributed by atoms with Crippen molar-refractivity contribution >= 4 is 45.4 Å². The van der Waals surface area contributed by atoms with Gasteiger partial charge in [0.15, 0.2) is 10.7 Å². The zero-order chi connectivity index (χ0) is 28.4. The molecular weight excluding hydrogens is 548 g/mol. The lowest BCUT2D eigenvalue weighted by Gasteiger charge is -2.39. The van der Waals surface area contributed by atoms with Gasteiger partial charge in [0, 0.05) is 55.9 Å². The van der Waals surface area contributed by atoms with Gasteiger partial charge < -0.3 is 14.3 Å². The van der Waals surface area contributed by atoms with Crippen molar-refractivity contribution in [3.63, 3.8) is 0 Å². The Balaban J connectivity index is 1.20. The molecule has 5 rings (SSSR count). The van der Waals surface area contributed by atoms with Crippen molar-refractivity contribution in [2.24, 2.45) is 5.92 Å². The first-order chi connectivity index (χ1) is 19.1. The number of amides is 1. The third kappa shape index (κ3) is 5.96. The maximum absolute atomic E-state index is 13.6. The van der Waals surface area contributed by atoms with Gasteiger partial charge in [-0.1, -0.05) is 58.7 Å². The van der Waals surface area contributed by atoms with E-state index in [4.69, 9.17) is 16.1 Å². The van der Waals surface area contributed by atoms with Crippen LogP contribution in [0.15, 0.2) is 51.9 Å². The quantitative estimate of drug-likeness (QED) is 0.398.